The summed E-state index contributed by atoms with van der Waals surface area (Å²) in [5, 5.41) is 45.7. The molecule has 12 fully saturated rings. The molecule has 4 aliphatic heterocycles. The molecule has 20 nitrogen and oxygen atoms in total. The highest BCUT2D eigenvalue weighted by atomic mass is 16.5. The zero-order valence-corrected chi connectivity index (χ0v) is 96.3. The standard InChI is InChI=1S/C32H52N2O3.2C31H50N2O3.C30H48N2O3/c1-9-20(10-2)29-33-27-14-11-21-15-22-24(13-12-23(21)30(27,4)18-37-29)31(5)17-26(36)28(19(3)34(7)8)32(31,6)16-25(22)35;1-18(33(8)9)26-24(35)16-30(6)22-12-11-21-19(14-20(22)23(34)15-31(26,30)7)10-13-25-29(21,5)17-36-27(32-25)28(2,3)4;1-9-18(2)28-32-26-13-10-20-14-21-23(12-11-22(20)29(26,4)17-36-28)30(5)16-25(35)27(19(3)33(7)8)31(30,6)15-24(21)34;1-17(2)27-31-25-12-9-19-13-20-22(11-10-21(19)28(25,4)16-35-27)29(5)15-24(34)26(18(3)32(7)8)30(29,6)14-23(20)33/h11,19-20,22-24,26-28,36H,9-10,12-18H2,1-8H3;10,18,20-22,24-26,35H,11-17H2,1-9H3;10,18-19,21-23,25-27,35H,9,11-17H2,1-8H3;9,17-18,20-22,24-26,34H,10-16H2,1-8H3/t19-,22+,23+,24+,26+,27-,28-,30-,31-,32+;18-,20+,21+,22+,24+,25-,26-,29-,30-,31+;18?,19-,21+,22+,23+,25+,26-,27-,29-,30-,31+;18-,20+,21+,22+,24+,25-,26-,28-,29-,30+/m0000/s1. The third-order valence-corrected chi connectivity index (χ3v) is 48.8. The molecule has 16 aliphatic carbocycles. The first-order valence-electron chi connectivity index (χ1n) is 58.3. The van der Waals surface area contributed by atoms with E-state index in [2.05, 4.69) is 273 Å². The van der Waals surface area contributed by atoms with Crippen LogP contribution in [0.15, 0.2) is 66.6 Å². The Balaban J connectivity index is 0.000000132. The number of allylic oxidation sites excluding steroid dienone is 4. The second-order valence-corrected chi connectivity index (χ2v) is 57.5. The number of aliphatic hydroxyl groups is 4. The minimum Gasteiger partial charge on any atom is -0.480 e. The summed E-state index contributed by atoms with van der Waals surface area (Å²) in [5.74, 6) is 10.4. The summed E-state index contributed by atoms with van der Waals surface area (Å²) in [6.45, 7) is 60.1. The number of ketones is 4. The van der Waals surface area contributed by atoms with Gasteiger partial charge in [-0.15, -0.1) is 0 Å². The van der Waals surface area contributed by atoms with Crippen molar-refractivity contribution in [1.29, 1.82) is 0 Å². The number of rotatable bonds is 14. The smallest absolute Gasteiger partial charge is 0.189 e. The van der Waals surface area contributed by atoms with Gasteiger partial charge in [-0.3, -0.25) is 39.1 Å². The van der Waals surface area contributed by atoms with E-state index in [1.54, 1.807) is 0 Å². The number of nitrogens with zero attached hydrogens (tertiary/aromatic N) is 8. The van der Waals surface area contributed by atoms with E-state index in [1.165, 1.54) is 22.3 Å². The molecule has 20 aliphatic rings. The van der Waals surface area contributed by atoms with Gasteiger partial charge in [0.2, 0.25) is 0 Å². The molecule has 0 aromatic rings. The summed E-state index contributed by atoms with van der Waals surface area (Å²) in [6.07, 6.45) is 33.3. The summed E-state index contributed by atoms with van der Waals surface area (Å²) >= 11 is 0. The van der Waals surface area contributed by atoms with E-state index in [9.17, 15) is 39.6 Å². The fourth-order valence-corrected chi connectivity index (χ4v) is 38.4. The van der Waals surface area contributed by atoms with Crippen molar-refractivity contribution in [2.24, 2.45) is 203 Å². The highest BCUT2D eigenvalue weighted by Crippen LogP contribution is 2.76. The number of carbonyl (C=O) groups excluding carboxylic acids is 4. The van der Waals surface area contributed by atoms with Gasteiger partial charge in [0, 0.05) is 142 Å². The summed E-state index contributed by atoms with van der Waals surface area (Å²) in [6, 6.07) is 2.04. The van der Waals surface area contributed by atoms with Crippen LogP contribution in [0.3, 0.4) is 0 Å². The summed E-state index contributed by atoms with van der Waals surface area (Å²) in [7, 11) is 16.8. The van der Waals surface area contributed by atoms with Gasteiger partial charge < -0.3 is 59.0 Å². The summed E-state index contributed by atoms with van der Waals surface area (Å²) in [5.41, 5.74) is 5.05. The van der Waals surface area contributed by atoms with Gasteiger partial charge in [0.15, 0.2) is 23.6 Å². The van der Waals surface area contributed by atoms with Crippen LogP contribution in [0.25, 0.3) is 0 Å². The fourth-order valence-electron chi connectivity index (χ4n) is 38.4. The van der Waals surface area contributed by atoms with Crippen molar-refractivity contribution < 1.29 is 58.6 Å². The lowest BCUT2D eigenvalue weighted by Gasteiger charge is -2.56. The molecule has 0 radical (unpaired) electrons. The van der Waals surface area contributed by atoms with Gasteiger partial charge in [0.05, 0.1) is 75.0 Å². The van der Waals surface area contributed by atoms with Crippen molar-refractivity contribution in [1.82, 2.24) is 19.6 Å². The number of fused-ring (bicyclic) bond motifs is 24. The Labute approximate surface area is 871 Å². The molecule has 0 saturated heterocycles. The van der Waals surface area contributed by atoms with E-state index >= 15 is 0 Å². The van der Waals surface area contributed by atoms with Crippen LogP contribution in [-0.2, 0) is 38.1 Å². The minimum atomic E-state index is -0.354. The van der Waals surface area contributed by atoms with Crippen molar-refractivity contribution >= 4 is 46.7 Å². The third-order valence-electron chi connectivity index (χ3n) is 48.8. The van der Waals surface area contributed by atoms with E-state index < -0.39 is 0 Å². The molecule has 4 N–H and O–H groups in total. The molecule has 0 bridgehead atoms. The van der Waals surface area contributed by atoms with Gasteiger partial charge in [0.25, 0.3) is 0 Å². The number of carbonyl (C=O) groups is 4. The third kappa shape index (κ3) is 17.3. The Bertz CT molecular complexity index is 5070. The zero-order valence-electron chi connectivity index (χ0n) is 96.3. The van der Waals surface area contributed by atoms with Crippen LogP contribution in [-0.4, -0.2) is 242 Å². The Morgan fingerprint density at radius 1 is 0.340 bits per heavy atom. The van der Waals surface area contributed by atoms with E-state index in [-0.39, 0.29) is 190 Å². The number of Topliss-reactive ketones (excluding diaryl/α,β-unsaturated/α-hetero) is 4. The highest BCUT2D eigenvalue weighted by molar-refractivity contribution is 5.87. The maximum absolute atomic E-state index is 14.0. The normalized spacial score (nSPS) is 47.4. The van der Waals surface area contributed by atoms with Gasteiger partial charge >= 0.3 is 0 Å². The molecule has 144 heavy (non-hydrogen) atoms. The van der Waals surface area contributed by atoms with E-state index in [0.717, 1.165) is 198 Å². The topological polar surface area (TPSA) is 249 Å². The average Bonchev–Trinajstić information content (AvgIpc) is 1.54. The van der Waals surface area contributed by atoms with Crippen LogP contribution in [0.4, 0.5) is 0 Å². The Morgan fingerprint density at radius 3 is 0.833 bits per heavy atom. The van der Waals surface area contributed by atoms with Crippen LogP contribution < -0.4 is 0 Å². The van der Waals surface area contributed by atoms with Crippen molar-refractivity contribution in [3.8, 4) is 0 Å². The van der Waals surface area contributed by atoms with Gasteiger partial charge in [-0.1, -0.05) is 192 Å². The summed E-state index contributed by atoms with van der Waals surface area (Å²) < 4.78 is 25.3. The monoisotopic (exact) mass is 1990 g/mol. The molecule has 808 valence electrons. The molecule has 1 unspecified atom stereocenters. The number of aliphatic imine (C=N–C) groups is 4. The second kappa shape index (κ2) is 39.3. The summed E-state index contributed by atoms with van der Waals surface area (Å²) in [4.78, 5) is 85.3. The maximum atomic E-state index is 14.0. The molecule has 41 atom stereocenters. The van der Waals surface area contributed by atoms with Crippen LogP contribution in [0.5, 0.6) is 0 Å². The number of ether oxygens (including phenoxy) is 4. The lowest BCUT2D eigenvalue weighted by molar-refractivity contribution is -0.148. The lowest BCUT2D eigenvalue weighted by atomic mass is 9.48. The SMILES string of the molecule is CC(C)C1=N[C@H]2CC=C3C[C@H]4C(=O)C[C@]5(C)[C@@H]([C@H](C)N(C)C)[C@H](O)C[C@@]5(C)[C@@H]4CC[C@H]3[C@]2(C)CO1.CCC(C)C1=N[C@H]2CC=C3C[C@H]4C(=O)C[C@]5(C)[C@@H]([C@H](C)N(C)C)[C@H](O)C[C@@]5(C)[C@@H]4CC[C@H]3[C@]2(C)CO1.CCC(CC)C1=N[C@H]2CC=C3C[C@H]4C(=O)C[C@]5(C)[C@@H]([C@H](C)N(C)C)[C@H](O)C[C@@]5(C)[C@@H]4CC[C@H]3[C@]2(C)CO1.C[C@@H]([C@H]1[C@H](O)C[C@@]2(C)[C@@H]3CC[C@@H]4C(=CC[C@@H]5N=C(C(C)(C)C)OC[C@]54C)C[C@H]3C(=O)C[C@]12C)N(C)C. The Hall–Kier alpha value is -4.80. The van der Waals surface area contributed by atoms with Crippen LogP contribution in [0.2, 0.25) is 0 Å². The Morgan fingerprint density at radius 2 is 0.583 bits per heavy atom. The maximum Gasteiger partial charge on any atom is 0.189 e. The highest BCUT2D eigenvalue weighted by Gasteiger charge is 2.74. The number of aliphatic hydroxyl groups excluding tert-OH is 4. The second-order valence-electron chi connectivity index (χ2n) is 57.5. The van der Waals surface area contributed by atoms with Gasteiger partial charge in [0.1, 0.15) is 23.1 Å². The molecule has 20 rings (SSSR count). The van der Waals surface area contributed by atoms with Crippen molar-refractivity contribution in [2.75, 3.05) is 82.8 Å². The molecule has 20 heteroatoms. The molecule has 4 heterocycles. The van der Waals surface area contributed by atoms with E-state index in [0.29, 0.717) is 114 Å². The number of hydrogen-bond acceptors (Lipinski definition) is 20. The molecule has 0 spiro atoms. The fraction of sp³-hybridized carbons (Fsp3) is 0.871. The first-order valence-corrected chi connectivity index (χ1v) is 58.3. The molecule has 0 aromatic heterocycles. The van der Waals surface area contributed by atoms with Gasteiger partial charge in [-0.2, -0.15) is 0 Å². The van der Waals surface area contributed by atoms with E-state index in [4.69, 9.17) is 38.9 Å². The van der Waals surface area contributed by atoms with Crippen LogP contribution >= 0.6 is 0 Å². The van der Waals surface area contributed by atoms with Crippen molar-refractivity contribution in [3.63, 3.8) is 0 Å². The Kier molecular flexibility index (Phi) is 30.1. The van der Waals surface area contributed by atoms with Crippen LogP contribution in [0.1, 0.15) is 346 Å². The van der Waals surface area contributed by atoms with Crippen LogP contribution in [0, 0.1) is 183 Å². The molecular formula is C124H200N8O12. The predicted octanol–water partition coefficient (Wildman–Crippen LogP) is 22.1. The quantitative estimate of drug-likeness (QED) is 0.118. The van der Waals surface area contributed by atoms with E-state index in [1.807, 2.05) is 0 Å². The molecule has 0 aromatic carbocycles. The zero-order chi connectivity index (χ0) is 105. The van der Waals surface area contributed by atoms with Gasteiger partial charge in [-0.25, -0.2) is 0 Å². The lowest BCUT2D eigenvalue weighted by Crippen LogP contribution is -2.55. The predicted molar refractivity (Wildman–Crippen MR) is 579 cm³/mol. The number of hydrogen-bond donors (Lipinski definition) is 4. The average molecular weight is 2000 g/mol. The van der Waals surface area contributed by atoms with Crippen molar-refractivity contribution in [2.45, 2.75) is 419 Å². The van der Waals surface area contributed by atoms with Gasteiger partial charge in [-0.05, 0) is 322 Å². The minimum absolute atomic E-state index is 0.000382. The molecule has 12 saturated carbocycles. The first kappa shape index (κ1) is 110. The largest absolute Gasteiger partial charge is 0.480 e. The molecular weight excluding hydrogens is 1790 g/mol. The molecule has 0 amide bonds. The first-order chi connectivity index (χ1) is 67.2. The van der Waals surface area contributed by atoms with Crippen molar-refractivity contribution in [3.05, 3.63) is 46.6 Å².